The molecular formula is C15H21N5O. The van der Waals surface area contributed by atoms with E-state index < -0.39 is 0 Å². The van der Waals surface area contributed by atoms with E-state index in [1.165, 1.54) is 25.7 Å². The predicted molar refractivity (Wildman–Crippen MR) is 80.8 cm³/mol. The minimum atomic E-state index is 0.677. The van der Waals surface area contributed by atoms with Gasteiger partial charge in [-0.3, -0.25) is 0 Å². The monoisotopic (exact) mass is 287 g/mol. The Balaban J connectivity index is 1.82. The molecule has 1 aromatic heterocycles. The first-order valence-corrected chi connectivity index (χ1v) is 7.48. The van der Waals surface area contributed by atoms with Crippen molar-refractivity contribution in [2.24, 2.45) is 5.92 Å². The molecule has 0 amide bonds. The van der Waals surface area contributed by atoms with Crippen LogP contribution in [0.1, 0.15) is 32.1 Å². The third-order valence-corrected chi connectivity index (χ3v) is 4.22. The number of tetrazole rings is 1. The van der Waals surface area contributed by atoms with Crippen molar-refractivity contribution in [3.63, 3.8) is 0 Å². The summed E-state index contributed by atoms with van der Waals surface area (Å²) in [6.07, 6.45) is 6.51. The Morgan fingerprint density at radius 3 is 2.90 bits per heavy atom. The number of nitrogens with zero attached hydrogens (tertiary/aromatic N) is 4. The van der Waals surface area contributed by atoms with Crippen molar-refractivity contribution in [1.82, 2.24) is 20.2 Å². The fourth-order valence-corrected chi connectivity index (χ4v) is 3.05. The molecule has 0 aliphatic heterocycles. The van der Waals surface area contributed by atoms with Crippen molar-refractivity contribution in [3.05, 3.63) is 18.2 Å². The van der Waals surface area contributed by atoms with E-state index in [-0.39, 0.29) is 0 Å². The zero-order valence-corrected chi connectivity index (χ0v) is 12.3. The van der Waals surface area contributed by atoms with E-state index in [4.69, 9.17) is 10.5 Å². The summed E-state index contributed by atoms with van der Waals surface area (Å²) in [6, 6.07) is 5.52. The van der Waals surface area contributed by atoms with Crippen molar-refractivity contribution in [3.8, 4) is 17.1 Å². The molecule has 1 aromatic carbocycles. The largest absolute Gasteiger partial charge is 0.496 e. The summed E-state index contributed by atoms with van der Waals surface area (Å²) >= 11 is 0. The Hall–Kier alpha value is -2.11. The third-order valence-electron chi connectivity index (χ3n) is 4.22. The maximum absolute atomic E-state index is 5.88. The second-order valence-electron chi connectivity index (χ2n) is 5.62. The van der Waals surface area contributed by atoms with Gasteiger partial charge in [0.2, 0.25) is 0 Å². The van der Waals surface area contributed by atoms with Crippen LogP contribution in [0.4, 0.5) is 5.69 Å². The minimum absolute atomic E-state index is 0.677. The highest BCUT2D eigenvalue weighted by atomic mass is 16.5. The molecule has 0 radical (unpaired) electrons. The van der Waals surface area contributed by atoms with Crippen LogP contribution >= 0.6 is 0 Å². The average molecular weight is 287 g/mol. The molecule has 6 nitrogen and oxygen atoms in total. The average Bonchev–Trinajstić information content (AvgIpc) is 3.16. The molecule has 6 heteroatoms. The number of rotatable bonds is 5. The summed E-state index contributed by atoms with van der Waals surface area (Å²) in [5.74, 6) is 2.27. The number of aromatic nitrogens is 4. The number of benzene rings is 1. The first-order valence-electron chi connectivity index (χ1n) is 7.48. The predicted octanol–water partition coefficient (Wildman–Crippen LogP) is 2.51. The molecule has 0 spiro atoms. The van der Waals surface area contributed by atoms with Gasteiger partial charge in [0, 0.05) is 12.2 Å². The summed E-state index contributed by atoms with van der Waals surface area (Å²) in [4.78, 5) is 0. The fraction of sp³-hybridized carbons (Fsp3) is 0.533. The molecule has 1 saturated carbocycles. The summed E-state index contributed by atoms with van der Waals surface area (Å²) in [6.45, 7) is 0.838. The van der Waals surface area contributed by atoms with Gasteiger partial charge >= 0.3 is 0 Å². The molecule has 0 bridgehead atoms. The lowest BCUT2D eigenvalue weighted by Crippen LogP contribution is -2.07. The summed E-state index contributed by atoms with van der Waals surface area (Å²) in [7, 11) is 1.64. The Labute approximate surface area is 124 Å². The van der Waals surface area contributed by atoms with Crippen LogP contribution < -0.4 is 10.5 Å². The van der Waals surface area contributed by atoms with Gasteiger partial charge in [-0.05, 0) is 41.0 Å². The number of hydrogen-bond donors (Lipinski definition) is 1. The van der Waals surface area contributed by atoms with Crippen LogP contribution in [-0.2, 0) is 6.54 Å². The van der Waals surface area contributed by atoms with Crippen LogP contribution in [0.25, 0.3) is 11.4 Å². The third kappa shape index (κ3) is 2.99. The number of anilines is 1. The smallest absolute Gasteiger partial charge is 0.185 e. The quantitative estimate of drug-likeness (QED) is 0.855. The first-order chi connectivity index (χ1) is 10.3. The van der Waals surface area contributed by atoms with Crippen LogP contribution in [0, 0.1) is 5.92 Å². The van der Waals surface area contributed by atoms with Gasteiger partial charge in [0.1, 0.15) is 5.75 Å². The maximum Gasteiger partial charge on any atom is 0.185 e. The number of nitrogens with two attached hydrogens (primary N) is 1. The molecule has 1 heterocycles. The van der Waals surface area contributed by atoms with Gasteiger partial charge in [0.15, 0.2) is 5.82 Å². The minimum Gasteiger partial charge on any atom is -0.496 e. The van der Waals surface area contributed by atoms with Gasteiger partial charge < -0.3 is 10.5 Å². The Bertz CT molecular complexity index is 604. The van der Waals surface area contributed by atoms with Gasteiger partial charge in [0.25, 0.3) is 0 Å². The molecule has 0 saturated heterocycles. The molecular weight excluding hydrogens is 266 g/mol. The number of aryl methyl sites for hydroxylation is 1. The van der Waals surface area contributed by atoms with E-state index in [1.54, 1.807) is 7.11 Å². The van der Waals surface area contributed by atoms with E-state index in [2.05, 4.69) is 15.5 Å². The summed E-state index contributed by atoms with van der Waals surface area (Å²) in [5.41, 5.74) is 7.40. The highest BCUT2D eigenvalue weighted by molar-refractivity contribution is 5.68. The second-order valence-corrected chi connectivity index (χ2v) is 5.62. The van der Waals surface area contributed by atoms with Crippen LogP contribution in [0.2, 0.25) is 0 Å². The fourth-order valence-electron chi connectivity index (χ4n) is 3.05. The second kappa shape index (κ2) is 6.11. The SMILES string of the molecule is COc1ccc(N)cc1-c1nnnn1CCC1CCCC1. The van der Waals surface area contributed by atoms with Crippen molar-refractivity contribution in [1.29, 1.82) is 0 Å². The Kier molecular flexibility index (Phi) is 4.03. The van der Waals surface area contributed by atoms with Gasteiger partial charge in [0.05, 0.1) is 12.7 Å². The molecule has 0 unspecified atom stereocenters. The van der Waals surface area contributed by atoms with Gasteiger partial charge in [-0.15, -0.1) is 5.10 Å². The Morgan fingerprint density at radius 2 is 2.14 bits per heavy atom. The van der Waals surface area contributed by atoms with Crippen molar-refractivity contribution >= 4 is 5.69 Å². The van der Waals surface area contributed by atoms with Crippen LogP contribution in [0.5, 0.6) is 5.75 Å². The van der Waals surface area contributed by atoms with Crippen LogP contribution in [-0.4, -0.2) is 27.3 Å². The normalized spacial score (nSPS) is 15.5. The molecule has 2 N–H and O–H groups in total. The number of nitrogen functional groups attached to an aromatic ring is 1. The van der Waals surface area contributed by atoms with Gasteiger partial charge in [-0.25, -0.2) is 4.68 Å². The zero-order valence-electron chi connectivity index (χ0n) is 12.3. The van der Waals surface area contributed by atoms with Gasteiger partial charge in [-0.1, -0.05) is 25.7 Å². The highest BCUT2D eigenvalue weighted by Crippen LogP contribution is 2.31. The number of methoxy groups -OCH3 is 1. The van der Waals surface area contributed by atoms with E-state index in [0.29, 0.717) is 5.69 Å². The lowest BCUT2D eigenvalue weighted by Gasteiger charge is -2.11. The van der Waals surface area contributed by atoms with Gasteiger partial charge in [-0.2, -0.15) is 0 Å². The number of hydrogen-bond acceptors (Lipinski definition) is 5. The standard InChI is InChI=1S/C15H21N5O/c1-21-14-7-6-12(16)10-13(14)15-17-18-19-20(15)9-8-11-4-2-3-5-11/h6-7,10-11H,2-5,8-9,16H2,1H3. The van der Waals surface area contributed by atoms with Crippen LogP contribution in [0.15, 0.2) is 18.2 Å². The topological polar surface area (TPSA) is 78.8 Å². The van der Waals surface area contributed by atoms with Crippen molar-refractivity contribution in [2.75, 3.05) is 12.8 Å². The lowest BCUT2D eigenvalue weighted by atomic mass is 10.0. The summed E-state index contributed by atoms with van der Waals surface area (Å²) in [5, 5.41) is 12.1. The van der Waals surface area contributed by atoms with E-state index >= 15 is 0 Å². The van der Waals surface area contributed by atoms with E-state index in [1.807, 2.05) is 22.9 Å². The molecule has 21 heavy (non-hydrogen) atoms. The summed E-state index contributed by atoms with van der Waals surface area (Å²) < 4.78 is 7.25. The van der Waals surface area contributed by atoms with E-state index in [9.17, 15) is 0 Å². The molecule has 1 fully saturated rings. The zero-order chi connectivity index (χ0) is 14.7. The molecule has 3 rings (SSSR count). The molecule has 1 aliphatic rings. The van der Waals surface area contributed by atoms with Crippen molar-refractivity contribution < 1.29 is 4.74 Å². The molecule has 0 atom stereocenters. The molecule has 2 aromatic rings. The van der Waals surface area contributed by atoms with Crippen molar-refractivity contribution in [2.45, 2.75) is 38.6 Å². The maximum atomic E-state index is 5.88. The van der Waals surface area contributed by atoms with E-state index in [0.717, 1.165) is 36.0 Å². The molecule has 112 valence electrons. The molecule has 1 aliphatic carbocycles. The number of ether oxygens (including phenoxy) is 1. The Morgan fingerprint density at radius 1 is 1.33 bits per heavy atom. The van der Waals surface area contributed by atoms with Crippen LogP contribution in [0.3, 0.4) is 0 Å². The first kappa shape index (κ1) is 13.9. The highest BCUT2D eigenvalue weighted by Gasteiger charge is 2.18. The lowest BCUT2D eigenvalue weighted by molar-refractivity contribution is 0.414.